The molecule has 0 saturated carbocycles. The lowest BCUT2D eigenvalue weighted by Crippen LogP contribution is -2.42. The first-order valence-corrected chi connectivity index (χ1v) is 6.56. The van der Waals surface area contributed by atoms with Crippen molar-refractivity contribution >= 4 is 17.2 Å². The summed E-state index contributed by atoms with van der Waals surface area (Å²) in [4.78, 5) is 17.9. The van der Waals surface area contributed by atoms with Gasteiger partial charge in [-0.25, -0.2) is 4.98 Å². The van der Waals surface area contributed by atoms with E-state index in [0.717, 1.165) is 25.9 Å². The monoisotopic (exact) mass is 239 g/mol. The Kier molecular flexibility index (Phi) is 3.56. The van der Waals surface area contributed by atoms with Crippen LogP contribution in [0.15, 0.2) is 10.9 Å². The molecule has 1 aromatic rings. The van der Waals surface area contributed by atoms with Crippen molar-refractivity contribution in [3.8, 4) is 0 Å². The Hall–Kier alpha value is -0.940. The molecule has 0 radical (unpaired) electrons. The fraction of sp³-hybridized carbons (Fsp3) is 0.636. The molecule has 0 bridgehead atoms. The van der Waals surface area contributed by atoms with E-state index in [1.807, 2.05) is 11.8 Å². The van der Waals surface area contributed by atoms with Gasteiger partial charge in [-0.15, -0.1) is 11.3 Å². The van der Waals surface area contributed by atoms with E-state index >= 15 is 0 Å². The van der Waals surface area contributed by atoms with E-state index in [1.165, 1.54) is 11.3 Å². The van der Waals surface area contributed by atoms with Crippen LogP contribution in [0.3, 0.4) is 0 Å². The molecule has 0 aliphatic carbocycles. The molecule has 88 valence electrons. The lowest BCUT2D eigenvalue weighted by molar-refractivity contribution is 0.0676. The van der Waals surface area contributed by atoms with E-state index in [1.54, 1.807) is 10.9 Å². The summed E-state index contributed by atoms with van der Waals surface area (Å²) in [5, 5.41) is 1.81. The maximum Gasteiger partial charge on any atom is 0.273 e. The van der Waals surface area contributed by atoms with Gasteiger partial charge in [-0.05, 0) is 25.7 Å². The highest BCUT2D eigenvalue weighted by molar-refractivity contribution is 7.07. The number of hydrogen-bond acceptors (Lipinski definition) is 4. The van der Waals surface area contributed by atoms with Crippen molar-refractivity contribution in [2.24, 2.45) is 11.7 Å². The molecule has 1 aliphatic rings. The summed E-state index contributed by atoms with van der Waals surface area (Å²) in [7, 11) is 0. The van der Waals surface area contributed by atoms with Crippen molar-refractivity contribution < 1.29 is 4.79 Å². The molecular weight excluding hydrogens is 222 g/mol. The summed E-state index contributed by atoms with van der Waals surface area (Å²) in [6.07, 6.45) is 2.01. The van der Waals surface area contributed by atoms with E-state index in [0.29, 0.717) is 11.6 Å². The predicted molar refractivity (Wildman–Crippen MR) is 64.4 cm³/mol. The second kappa shape index (κ2) is 4.93. The van der Waals surface area contributed by atoms with Crippen LogP contribution in [0.4, 0.5) is 0 Å². The number of aromatic nitrogens is 1. The molecule has 2 rings (SSSR count). The summed E-state index contributed by atoms with van der Waals surface area (Å²) in [6, 6.07) is 0.233. The minimum atomic E-state index is 0.0596. The van der Waals surface area contributed by atoms with Crippen LogP contribution in [0.2, 0.25) is 0 Å². The van der Waals surface area contributed by atoms with Crippen molar-refractivity contribution in [2.45, 2.75) is 25.8 Å². The number of rotatable bonds is 2. The third kappa shape index (κ3) is 2.41. The Bertz CT molecular complexity index is 342. The molecule has 1 aromatic heterocycles. The fourth-order valence-corrected chi connectivity index (χ4v) is 2.63. The summed E-state index contributed by atoms with van der Waals surface area (Å²) in [5.41, 5.74) is 8.14. The maximum absolute atomic E-state index is 12.0. The number of nitrogens with two attached hydrogens (primary N) is 1. The quantitative estimate of drug-likeness (QED) is 0.847. The summed E-state index contributed by atoms with van der Waals surface area (Å²) in [5.74, 6) is 0.615. The number of carbonyl (C=O) groups is 1. The molecule has 2 N–H and O–H groups in total. The second-order valence-electron chi connectivity index (χ2n) is 4.36. The summed E-state index contributed by atoms with van der Waals surface area (Å²) >= 11 is 1.46. The van der Waals surface area contributed by atoms with Crippen molar-refractivity contribution in [1.29, 1.82) is 0 Å². The van der Waals surface area contributed by atoms with Gasteiger partial charge in [0.25, 0.3) is 5.91 Å². The second-order valence-corrected chi connectivity index (χ2v) is 5.08. The average molecular weight is 239 g/mol. The molecule has 4 nitrogen and oxygen atoms in total. The predicted octanol–water partition coefficient (Wildman–Crippen LogP) is 1.34. The van der Waals surface area contributed by atoms with Gasteiger partial charge in [0.05, 0.1) is 5.51 Å². The first-order valence-electron chi connectivity index (χ1n) is 5.61. The molecule has 1 saturated heterocycles. The number of piperidine rings is 1. The van der Waals surface area contributed by atoms with Crippen LogP contribution < -0.4 is 5.73 Å². The minimum absolute atomic E-state index is 0.0596. The highest BCUT2D eigenvalue weighted by atomic mass is 32.1. The van der Waals surface area contributed by atoms with E-state index in [-0.39, 0.29) is 11.9 Å². The maximum atomic E-state index is 12.0. The van der Waals surface area contributed by atoms with Crippen molar-refractivity contribution in [3.63, 3.8) is 0 Å². The molecule has 5 heteroatoms. The SMILES string of the molecule is CC(N)C1CCN(C(=O)c2cscn2)CC1. The first-order chi connectivity index (χ1) is 7.68. The van der Waals surface area contributed by atoms with E-state index in [9.17, 15) is 4.79 Å². The van der Waals surface area contributed by atoms with Gasteiger partial charge in [0.15, 0.2) is 0 Å². The van der Waals surface area contributed by atoms with Crippen LogP contribution in [0, 0.1) is 5.92 Å². The van der Waals surface area contributed by atoms with E-state index < -0.39 is 0 Å². The van der Waals surface area contributed by atoms with Crippen molar-refractivity contribution in [3.05, 3.63) is 16.6 Å². The third-order valence-electron chi connectivity index (χ3n) is 3.22. The largest absolute Gasteiger partial charge is 0.337 e. The number of carbonyl (C=O) groups excluding carboxylic acids is 1. The molecule has 2 heterocycles. The highest BCUT2D eigenvalue weighted by Crippen LogP contribution is 2.20. The van der Waals surface area contributed by atoms with Crippen molar-refractivity contribution in [2.75, 3.05) is 13.1 Å². The molecule has 1 aliphatic heterocycles. The Labute approximate surface area is 99.5 Å². The van der Waals surface area contributed by atoms with Gasteiger partial charge in [0.2, 0.25) is 0 Å². The molecule has 16 heavy (non-hydrogen) atoms. The Balaban J connectivity index is 1.92. The first kappa shape index (κ1) is 11.5. The van der Waals surface area contributed by atoms with E-state index in [4.69, 9.17) is 5.73 Å². The topological polar surface area (TPSA) is 59.2 Å². The normalized spacial score (nSPS) is 19.8. The lowest BCUT2D eigenvalue weighted by atomic mass is 9.91. The van der Waals surface area contributed by atoms with Gasteiger partial charge in [0, 0.05) is 24.5 Å². The van der Waals surface area contributed by atoms with Crippen molar-refractivity contribution in [1.82, 2.24) is 9.88 Å². The van der Waals surface area contributed by atoms with Gasteiger partial charge in [-0.3, -0.25) is 4.79 Å². The fourth-order valence-electron chi connectivity index (χ4n) is 2.11. The minimum Gasteiger partial charge on any atom is -0.337 e. The molecule has 1 atom stereocenters. The van der Waals surface area contributed by atoms with Gasteiger partial charge in [-0.1, -0.05) is 0 Å². The number of likely N-dealkylation sites (tertiary alicyclic amines) is 1. The van der Waals surface area contributed by atoms with Gasteiger partial charge in [-0.2, -0.15) is 0 Å². The van der Waals surface area contributed by atoms with Crippen LogP contribution >= 0.6 is 11.3 Å². The van der Waals surface area contributed by atoms with E-state index in [2.05, 4.69) is 4.98 Å². The standard InChI is InChI=1S/C11H17N3OS/c1-8(12)9-2-4-14(5-3-9)11(15)10-6-16-7-13-10/h6-9H,2-5,12H2,1H3. The molecule has 1 amide bonds. The zero-order valence-corrected chi connectivity index (χ0v) is 10.2. The van der Waals surface area contributed by atoms with Gasteiger partial charge < -0.3 is 10.6 Å². The summed E-state index contributed by atoms with van der Waals surface area (Å²) < 4.78 is 0. The molecule has 0 aromatic carbocycles. The Morgan fingerprint density at radius 1 is 1.62 bits per heavy atom. The number of hydrogen-bond donors (Lipinski definition) is 1. The van der Waals surface area contributed by atoms with Crippen LogP contribution in [-0.2, 0) is 0 Å². The number of nitrogens with zero attached hydrogens (tertiary/aromatic N) is 2. The van der Waals surface area contributed by atoms with Gasteiger partial charge >= 0.3 is 0 Å². The number of amides is 1. The smallest absolute Gasteiger partial charge is 0.273 e. The third-order valence-corrected chi connectivity index (χ3v) is 3.81. The molecule has 1 unspecified atom stereocenters. The molecule has 1 fully saturated rings. The lowest BCUT2D eigenvalue weighted by Gasteiger charge is -2.33. The highest BCUT2D eigenvalue weighted by Gasteiger charge is 2.25. The van der Waals surface area contributed by atoms with Crippen LogP contribution in [0.25, 0.3) is 0 Å². The zero-order chi connectivity index (χ0) is 11.5. The van der Waals surface area contributed by atoms with Crippen LogP contribution in [-0.4, -0.2) is 34.9 Å². The zero-order valence-electron chi connectivity index (χ0n) is 9.43. The van der Waals surface area contributed by atoms with Gasteiger partial charge in [0.1, 0.15) is 5.69 Å². The Morgan fingerprint density at radius 2 is 2.31 bits per heavy atom. The van der Waals surface area contributed by atoms with Crippen LogP contribution in [0.1, 0.15) is 30.3 Å². The Morgan fingerprint density at radius 3 is 2.81 bits per heavy atom. The number of thiazole rings is 1. The van der Waals surface area contributed by atoms with Crippen LogP contribution in [0.5, 0.6) is 0 Å². The molecular formula is C11H17N3OS. The molecule has 0 spiro atoms. The summed E-state index contributed by atoms with van der Waals surface area (Å²) in [6.45, 7) is 3.66. The average Bonchev–Trinajstić information content (AvgIpc) is 2.81.